The molecule has 1 saturated heterocycles. The third kappa shape index (κ3) is 3.01. The second kappa shape index (κ2) is 5.39. The van der Waals surface area contributed by atoms with Gasteiger partial charge in [-0.25, -0.2) is 0 Å². The predicted molar refractivity (Wildman–Crippen MR) is 63.6 cm³/mol. The molecule has 1 fully saturated rings. The fourth-order valence-corrected chi connectivity index (χ4v) is 2.24. The zero-order valence-electron chi connectivity index (χ0n) is 10.8. The van der Waals surface area contributed by atoms with Crippen molar-refractivity contribution in [3.8, 4) is 5.88 Å². The van der Waals surface area contributed by atoms with Gasteiger partial charge in [-0.15, -0.1) is 0 Å². The Kier molecular flexibility index (Phi) is 3.86. The van der Waals surface area contributed by atoms with Gasteiger partial charge in [-0.2, -0.15) is 0 Å². The van der Waals surface area contributed by atoms with Crippen LogP contribution in [-0.2, 0) is 4.74 Å². The zero-order chi connectivity index (χ0) is 13.1. The van der Waals surface area contributed by atoms with Crippen LogP contribution >= 0.6 is 0 Å². The number of ether oxygens (including phenoxy) is 2. The van der Waals surface area contributed by atoms with Gasteiger partial charge in [-0.1, -0.05) is 0 Å². The number of carbonyl (C=O) groups excluding carboxylic acids is 1. The van der Waals surface area contributed by atoms with Gasteiger partial charge in [-0.05, 0) is 31.8 Å². The first-order chi connectivity index (χ1) is 8.58. The number of nitrogens with one attached hydrogen (secondary N) is 1. The second-order valence-electron chi connectivity index (χ2n) is 4.63. The molecule has 0 aliphatic carbocycles. The van der Waals surface area contributed by atoms with Crippen molar-refractivity contribution in [1.82, 2.24) is 10.5 Å². The lowest BCUT2D eigenvalue weighted by Gasteiger charge is -2.32. The summed E-state index contributed by atoms with van der Waals surface area (Å²) in [6.45, 7) is 4.01. The van der Waals surface area contributed by atoms with E-state index in [1.165, 1.54) is 13.2 Å². The molecule has 2 heterocycles. The Balaban J connectivity index is 1.94. The summed E-state index contributed by atoms with van der Waals surface area (Å²) in [5.74, 6) is 0.199. The van der Waals surface area contributed by atoms with Crippen molar-refractivity contribution in [3.63, 3.8) is 0 Å². The molecule has 1 aromatic rings. The Hall–Kier alpha value is -1.56. The molecule has 1 aromatic heterocycles. The maximum Gasteiger partial charge on any atom is 0.290 e. The minimum atomic E-state index is -0.267. The van der Waals surface area contributed by atoms with Gasteiger partial charge in [-0.3, -0.25) is 4.79 Å². The van der Waals surface area contributed by atoms with Gasteiger partial charge in [0.15, 0.2) is 0 Å². The summed E-state index contributed by atoms with van der Waals surface area (Å²) in [5.41, 5.74) is 0. The summed E-state index contributed by atoms with van der Waals surface area (Å²) in [6.07, 6.45) is 1.93. The van der Waals surface area contributed by atoms with Gasteiger partial charge in [0.05, 0.1) is 25.4 Å². The third-order valence-electron chi connectivity index (χ3n) is 2.95. The molecular formula is C12H18N2O4. The van der Waals surface area contributed by atoms with Gasteiger partial charge in [0.25, 0.3) is 11.8 Å². The summed E-state index contributed by atoms with van der Waals surface area (Å²) >= 11 is 0. The number of rotatable bonds is 3. The van der Waals surface area contributed by atoms with E-state index in [2.05, 4.69) is 10.5 Å². The summed E-state index contributed by atoms with van der Waals surface area (Å²) < 4.78 is 15.4. The smallest absolute Gasteiger partial charge is 0.290 e. The summed E-state index contributed by atoms with van der Waals surface area (Å²) in [6, 6.07) is 1.58. The van der Waals surface area contributed by atoms with E-state index in [0.29, 0.717) is 5.88 Å². The summed E-state index contributed by atoms with van der Waals surface area (Å²) in [7, 11) is 1.47. The average molecular weight is 254 g/mol. The molecule has 0 unspecified atom stereocenters. The van der Waals surface area contributed by atoms with Gasteiger partial charge < -0.3 is 19.3 Å². The number of hydrogen-bond acceptors (Lipinski definition) is 5. The van der Waals surface area contributed by atoms with E-state index in [0.717, 1.165) is 12.8 Å². The predicted octanol–water partition coefficient (Wildman–Crippen LogP) is 1.37. The Bertz CT molecular complexity index is 408. The Morgan fingerprint density at radius 3 is 2.67 bits per heavy atom. The van der Waals surface area contributed by atoms with Crippen LogP contribution in [0.1, 0.15) is 37.2 Å². The largest absolute Gasteiger partial charge is 0.479 e. The molecule has 1 aliphatic rings. The van der Waals surface area contributed by atoms with Crippen LogP contribution in [-0.4, -0.2) is 36.4 Å². The van der Waals surface area contributed by atoms with E-state index >= 15 is 0 Å². The normalized spacial score (nSPS) is 27.8. The van der Waals surface area contributed by atoms with Crippen LogP contribution in [0.15, 0.2) is 10.6 Å². The highest BCUT2D eigenvalue weighted by Gasteiger charge is 2.26. The van der Waals surface area contributed by atoms with E-state index < -0.39 is 0 Å². The fourth-order valence-electron chi connectivity index (χ4n) is 2.24. The number of hydrogen-bond donors (Lipinski definition) is 1. The van der Waals surface area contributed by atoms with Crippen LogP contribution < -0.4 is 10.1 Å². The second-order valence-corrected chi connectivity index (χ2v) is 4.63. The van der Waals surface area contributed by atoms with E-state index in [4.69, 9.17) is 14.0 Å². The molecule has 0 bridgehead atoms. The van der Waals surface area contributed by atoms with E-state index in [1.54, 1.807) is 0 Å². The van der Waals surface area contributed by atoms with Crippen molar-refractivity contribution in [2.24, 2.45) is 0 Å². The van der Waals surface area contributed by atoms with Crippen LogP contribution in [0.4, 0.5) is 0 Å². The number of nitrogens with zero attached hydrogens (tertiary/aromatic N) is 1. The molecule has 100 valence electrons. The number of methoxy groups -OCH3 is 1. The van der Waals surface area contributed by atoms with Crippen molar-refractivity contribution in [2.75, 3.05) is 7.11 Å². The van der Waals surface area contributed by atoms with Gasteiger partial charge in [0, 0.05) is 6.04 Å². The van der Waals surface area contributed by atoms with Crippen molar-refractivity contribution in [3.05, 3.63) is 11.8 Å². The van der Waals surface area contributed by atoms with Crippen LogP contribution in [0.3, 0.4) is 0 Å². The molecule has 2 rings (SSSR count). The van der Waals surface area contributed by atoms with Crippen LogP contribution in [0, 0.1) is 0 Å². The van der Waals surface area contributed by atoms with Crippen LogP contribution in [0.2, 0.25) is 0 Å². The Labute approximate surface area is 106 Å². The standard InChI is InChI=1S/C12H18N2O4/c1-7-4-9(5-8(2)17-7)13-12(15)10-6-11(16-3)14-18-10/h6-9H,4-5H2,1-3H3,(H,13,15)/t7-,8-/m0/s1. The maximum atomic E-state index is 11.9. The lowest BCUT2D eigenvalue weighted by Crippen LogP contribution is -2.43. The zero-order valence-corrected chi connectivity index (χ0v) is 10.8. The van der Waals surface area contributed by atoms with Crippen LogP contribution in [0.25, 0.3) is 0 Å². The molecular weight excluding hydrogens is 236 g/mol. The molecule has 0 saturated carbocycles. The van der Waals surface area contributed by atoms with Gasteiger partial charge in [0.1, 0.15) is 0 Å². The molecule has 2 atom stereocenters. The summed E-state index contributed by atoms with van der Waals surface area (Å²) in [4.78, 5) is 11.9. The van der Waals surface area contributed by atoms with E-state index in [9.17, 15) is 4.79 Å². The number of carbonyl (C=O) groups is 1. The summed E-state index contributed by atoms with van der Waals surface area (Å²) in [5, 5.41) is 6.52. The van der Waals surface area contributed by atoms with Crippen molar-refractivity contribution >= 4 is 5.91 Å². The number of amides is 1. The molecule has 1 N–H and O–H groups in total. The average Bonchev–Trinajstić information content (AvgIpc) is 2.75. The molecule has 1 aliphatic heterocycles. The van der Waals surface area contributed by atoms with Gasteiger partial charge >= 0.3 is 0 Å². The first-order valence-electron chi connectivity index (χ1n) is 6.05. The quantitative estimate of drug-likeness (QED) is 0.881. The monoisotopic (exact) mass is 254 g/mol. The minimum absolute atomic E-state index is 0.104. The van der Waals surface area contributed by atoms with Crippen molar-refractivity contribution < 1.29 is 18.8 Å². The number of aromatic nitrogens is 1. The molecule has 6 nitrogen and oxygen atoms in total. The molecule has 0 spiro atoms. The topological polar surface area (TPSA) is 73.6 Å². The molecule has 1 amide bonds. The maximum absolute atomic E-state index is 11.9. The SMILES string of the molecule is COc1cc(C(=O)NC2C[C@H](C)O[C@@H](C)C2)on1. The molecule has 0 aromatic carbocycles. The fraction of sp³-hybridized carbons (Fsp3) is 0.667. The highest BCUT2D eigenvalue weighted by atomic mass is 16.5. The van der Waals surface area contributed by atoms with Crippen molar-refractivity contribution in [2.45, 2.75) is 44.9 Å². The van der Waals surface area contributed by atoms with Crippen molar-refractivity contribution in [1.29, 1.82) is 0 Å². The molecule has 18 heavy (non-hydrogen) atoms. The highest BCUT2D eigenvalue weighted by Crippen LogP contribution is 2.19. The Morgan fingerprint density at radius 2 is 2.11 bits per heavy atom. The first kappa shape index (κ1) is 12.9. The molecule has 6 heteroatoms. The lowest BCUT2D eigenvalue weighted by molar-refractivity contribution is -0.0409. The van der Waals surface area contributed by atoms with E-state index in [1.807, 2.05) is 13.8 Å². The van der Waals surface area contributed by atoms with Crippen LogP contribution in [0.5, 0.6) is 5.88 Å². The lowest BCUT2D eigenvalue weighted by atomic mass is 10.00. The minimum Gasteiger partial charge on any atom is -0.479 e. The highest BCUT2D eigenvalue weighted by molar-refractivity contribution is 5.91. The van der Waals surface area contributed by atoms with Gasteiger partial charge in [0.2, 0.25) is 5.76 Å². The molecule has 0 radical (unpaired) electrons. The Morgan fingerprint density at radius 1 is 1.44 bits per heavy atom. The third-order valence-corrected chi connectivity index (χ3v) is 2.95. The first-order valence-corrected chi connectivity index (χ1v) is 6.05. The van der Waals surface area contributed by atoms with E-state index in [-0.39, 0.29) is 29.9 Å².